The first-order chi connectivity index (χ1) is 7.97. The summed E-state index contributed by atoms with van der Waals surface area (Å²) in [5.41, 5.74) is 0.685. The maximum Gasteiger partial charge on any atom is 0.264 e. The largest absolute Gasteiger partial charge is 0.506 e. The third-order valence-electron chi connectivity index (χ3n) is 2.40. The Morgan fingerprint density at radius 2 is 2.12 bits per heavy atom. The maximum absolute atomic E-state index is 10.8. The fourth-order valence-electron chi connectivity index (χ4n) is 1.71. The minimum Gasteiger partial charge on any atom is -0.506 e. The van der Waals surface area contributed by atoms with E-state index in [0.717, 1.165) is 11.6 Å². The molecule has 2 aromatic rings. The van der Waals surface area contributed by atoms with Gasteiger partial charge in [-0.3, -0.25) is 4.18 Å². The molecule has 1 heterocycles. The van der Waals surface area contributed by atoms with E-state index in [-0.39, 0.29) is 12.4 Å². The zero-order valence-corrected chi connectivity index (χ0v) is 10.1. The van der Waals surface area contributed by atoms with E-state index >= 15 is 0 Å². The van der Waals surface area contributed by atoms with Crippen molar-refractivity contribution in [3.63, 3.8) is 0 Å². The molecule has 0 fully saturated rings. The van der Waals surface area contributed by atoms with E-state index in [9.17, 15) is 13.5 Å². The molecule has 0 spiro atoms. The van der Waals surface area contributed by atoms with Crippen LogP contribution in [0.2, 0.25) is 0 Å². The molecule has 1 aromatic heterocycles. The van der Waals surface area contributed by atoms with Crippen molar-refractivity contribution >= 4 is 21.0 Å². The predicted octanol–water partition coefficient (Wildman–Crippen LogP) is 1.32. The molecule has 1 N–H and O–H groups in total. The van der Waals surface area contributed by atoms with Crippen LogP contribution in [0.1, 0.15) is 0 Å². The lowest BCUT2D eigenvalue weighted by molar-refractivity contribution is 0.305. The topological polar surface area (TPSA) is 68.5 Å². The van der Waals surface area contributed by atoms with Crippen LogP contribution in [0.4, 0.5) is 0 Å². The van der Waals surface area contributed by atoms with Crippen LogP contribution in [0, 0.1) is 0 Å². The molecule has 0 bridgehead atoms. The summed E-state index contributed by atoms with van der Waals surface area (Å²) in [6, 6.07) is 7.09. The Morgan fingerprint density at radius 1 is 1.35 bits per heavy atom. The van der Waals surface area contributed by atoms with Crippen LogP contribution < -0.4 is 0 Å². The summed E-state index contributed by atoms with van der Waals surface area (Å²) < 4.78 is 28.0. The lowest BCUT2D eigenvalue weighted by atomic mass is 10.2. The molecule has 0 unspecified atom stereocenters. The van der Waals surface area contributed by atoms with Crippen LogP contribution in [-0.4, -0.2) is 31.0 Å². The monoisotopic (exact) mass is 255 g/mol. The van der Waals surface area contributed by atoms with Crippen LogP contribution in [-0.2, 0) is 20.8 Å². The van der Waals surface area contributed by atoms with E-state index in [4.69, 9.17) is 0 Å². The number of hydrogen-bond acceptors (Lipinski definition) is 4. The quantitative estimate of drug-likeness (QED) is 0.837. The molecule has 0 aliphatic rings. The lowest BCUT2D eigenvalue weighted by Gasteiger charge is -2.06. The number of rotatable bonds is 4. The van der Waals surface area contributed by atoms with Gasteiger partial charge in [0.15, 0.2) is 0 Å². The van der Waals surface area contributed by atoms with Gasteiger partial charge in [-0.05, 0) is 12.1 Å². The standard InChI is InChI=1S/C11H13NO4S/c1-17(14,15)16-8-7-12-6-5-9-3-2-4-10(13)11(9)12/h2-6,13H,7-8H2,1H3. The number of nitrogens with zero attached hydrogens (tertiary/aromatic N) is 1. The van der Waals surface area contributed by atoms with Gasteiger partial charge >= 0.3 is 0 Å². The summed E-state index contributed by atoms with van der Waals surface area (Å²) in [5, 5.41) is 10.6. The molecule has 92 valence electrons. The van der Waals surface area contributed by atoms with Gasteiger partial charge in [-0.2, -0.15) is 8.42 Å². The van der Waals surface area contributed by atoms with E-state index < -0.39 is 10.1 Å². The molecule has 0 aliphatic carbocycles. The number of phenols is 1. The summed E-state index contributed by atoms with van der Waals surface area (Å²) in [4.78, 5) is 0. The van der Waals surface area contributed by atoms with Crippen molar-refractivity contribution in [3.05, 3.63) is 30.5 Å². The molecule has 0 atom stereocenters. The Labute approximate surface area is 99.4 Å². The number of benzene rings is 1. The molecule has 17 heavy (non-hydrogen) atoms. The lowest BCUT2D eigenvalue weighted by Crippen LogP contribution is -2.09. The zero-order valence-electron chi connectivity index (χ0n) is 9.33. The van der Waals surface area contributed by atoms with Crippen molar-refractivity contribution in [3.8, 4) is 5.75 Å². The van der Waals surface area contributed by atoms with Gasteiger partial charge in [0, 0.05) is 18.1 Å². The second-order valence-corrected chi connectivity index (χ2v) is 5.39. The molecule has 0 saturated heterocycles. The number of hydrogen-bond donors (Lipinski definition) is 1. The Hall–Kier alpha value is -1.53. The molecule has 0 saturated carbocycles. The first-order valence-corrected chi connectivity index (χ1v) is 6.90. The highest BCUT2D eigenvalue weighted by Gasteiger charge is 2.06. The van der Waals surface area contributed by atoms with Crippen molar-refractivity contribution in [2.75, 3.05) is 12.9 Å². The zero-order chi connectivity index (χ0) is 12.5. The molecule has 6 heteroatoms. The van der Waals surface area contributed by atoms with Gasteiger partial charge in [0.2, 0.25) is 0 Å². The Morgan fingerprint density at radius 3 is 2.82 bits per heavy atom. The van der Waals surface area contributed by atoms with Crippen LogP contribution in [0.15, 0.2) is 30.5 Å². The average molecular weight is 255 g/mol. The molecule has 1 aromatic carbocycles. The first-order valence-electron chi connectivity index (χ1n) is 5.08. The van der Waals surface area contributed by atoms with Crippen LogP contribution in [0.5, 0.6) is 5.75 Å². The number of aromatic hydroxyl groups is 1. The van der Waals surface area contributed by atoms with Gasteiger partial charge in [0.1, 0.15) is 5.75 Å². The van der Waals surface area contributed by atoms with Crippen molar-refractivity contribution in [2.45, 2.75) is 6.54 Å². The minimum absolute atomic E-state index is 0.0525. The normalized spacial score (nSPS) is 12.1. The molecular formula is C11H13NO4S. The summed E-state index contributed by atoms with van der Waals surface area (Å²) in [5.74, 6) is 0.173. The van der Waals surface area contributed by atoms with E-state index in [1.165, 1.54) is 0 Å². The SMILES string of the molecule is CS(=O)(=O)OCCn1ccc2cccc(O)c21. The predicted molar refractivity (Wildman–Crippen MR) is 64.4 cm³/mol. The van der Waals surface area contributed by atoms with Gasteiger partial charge in [-0.1, -0.05) is 12.1 Å². The fourth-order valence-corrected chi connectivity index (χ4v) is 2.09. The number of fused-ring (bicyclic) bond motifs is 1. The summed E-state index contributed by atoms with van der Waals surface area (Å²) in [6.07, 6.45) is 2.80. The van der Waals surface area contributed by atoms with Gasteiger partial charge in [-0.15, -0.1) is 0 Å². The number of aromatic nitrogens is 1. The van der Waals surface area contributed by atoms with Crippen molar-refractivity contribution < 1.29 is 17.7 Å². The van der Waals surface area contributed by atoms with Gasteiger partial charge in [-0.25, -0.2) is 0 Å². The van der Waals surface area contributed by atoms with Gasteiger partial charge in [0.05, 0.1) is 18.4 Å². The van der Waals surface area contributed by atoms with Gasteiger partial charge in [0.25, 0.3) is 10.1 Å². The third kappa shape index (κ3) is 2.78. The molecule has 5 nitrogen and oxygen atoms in total. The highest BCUT2D eigenvalue weighted by molar-refractivity contribution is 7.85. The van der Waals surface area contributed by atoms with Crippen LogP contribution in [0.25, 0.3) is 10.9 Å². The average Bonchev–Trinajstić information content (AvgIpc) is 2.61. The fraction of sp³-hybridized carbons (Fsp3) is 0.273. The summed E-state index contributed by atoms with van der Waals surface area (Å²) in [6.45, 7) is 0.422. The summed E-state index contributed by atoms with van der Waals surface area (Å²) >= 11 is 0. The molecule has 0 radical (unpaired) electrons. The van der Waals surface area contributed by atoms with Crippen LogP contribution >= 0.6 is 0 Å². The maximum atomic E-state index is 10.8. The molecule has 0 amide bonds. The number of phenolic OH excluding ortho intramolecular Hbond substituents is 1. The second-order valence-electron chi connectivity index (χ2n) is 3.75. The van der Waals surface area contributed by atoms with E-state index in [1.54, 1.807) is 22.9 Å². The molecule has 2 rings (SSSR count). The minimum atomic E-state index is -3.42. The molecule has 0 aliphatic heterocycles. The van der Waals surface area contributed by atoms with E-state index in [0.29, 0.717) is 12.1 Å². The highest BCUT2D eigenvalue weighted by Crippen LogP contribution is 2.25. The van der Waals surface area contributed by atoms with Crippen LogP contribution in [0.3, 0.4) is 0 Å². The first kappa shape index (κ1) is 11.9. The Bertz CT molecular complexity index is 630. The summed E-state index contributed by atoms with van der Waals surface area (Å²) in [7, 11) is -3.42. The highest BCUT2D eigenvalue weighted by atomic mass is 32.2. The van der Waals surface area contributed by atoms with Crippen molar-refractivity contribution in [1.82, 2.24) is 4.57 Å². The van der Waals surface area contributed by atoms with Crippen molar-refractivity contribution in [2.24, 2.45) is 0 Å². The molecular weight excluding hydrogens is 242 g/mol. The van der Waals surface area contributed by atoms with E-state index in [2.05, 4.69) is 4.18 Å². The smallest absolute Gasteiger partial charge is 0.264 e. The van der Waals surface area contributed by atoms with E-state index in [1.807, 2.05) is 12.1 Å². The van der Waals surface area contributed by atoms with Gasteiger partial charge < -0.3 is 9.67 Å². The Balaban J connectivity index is 2.20. The second kappa shape index (κ2) is 4.38. The Kier molecular flexibility index (Phi) is 3.08. The van der Waals surface area contributed by atoms with Crippen molar-refractivity contribution in [1.29, 1.82) is 0 Å². The third-order valence-corrected chi connectivity index (χ3v) is 2.99. The number of para-hydroxylation sites is 1.